The first-order valence-corrected chi connectivity index (χ1v) is 5.17. The molecule has 0 aromatic carbocycles. The second-order valence-corrected chi connectivity index (χ2v) is 3.64. The molecular weight excluding hydrogens is 180 g/mol. The zero-order valence-electron chi connectivity index (χ0n) is 8.78. The van der Waals surface area contributed by atoms with Crippen LogP contribution in [0.3, 0.4) is 0 Å². The van der Waals surface area contributed by atoms with Crippen molar-refractivity contribution in [2.45, 2.75) is 39.0 Å². The lowest BCUT2D eigenvalue weighted by Gasteiger charge is -2.08. The number of carboxylic acid groups (broad SMARTS) is 1. The summed E-state index contributed by atoms with van der Waals surface area (Å²) >= 11 is 0. The van der Waals surface area contributed by atoms with E-state index in [0.29, 0.717) is 5.92 Å². The van der Waals surface area contributed by atoms with Gasteiger partial charge in [-0.1, -0.05) is 19.4 Å². The molecule has 0 aliphatic rings. The third kappa shape index (κ3) is 9.26. The van der Waals surface area contributed by atoms with Gasteiger partial charge in [-0.3, -0.25) is 0 Å². The fourth-order valence-corrected chi connectivity index (χ4v) is 1.35. The standard InChI is InChI=1S/C11H20O3/c1-10(7-5-9-12)6-3-2-4-8-11(13)14/h4,8,10,12H,2-3,5-7,9H2,1H3,(H,13,14). The van der Waals surface area contributed by atoms with E-state index in [-0.39, 0.29) is 6.61 Å². The van der Waals surface area contributed by atoms with Gasteiger partial charge in [0.2, 0.25) is 0 Å². The summed E-state index contributed by atoms with van der Waals surface area (Å²) in [4.78, 5) is 10.1. The minimum Gasteiger partial charge on any atom is -0.478 e. The van der Waals surface area contributed by atoms with Crippen molar-refractivity contribution in [1.29, 1.82) is 0 Å². The lowest BCUT2D eigenvalue weighted by Crippen LogP contribution is -1.96. The van der Waals surface area contributed by atoms with Gasteiger partial charge in [-0.15, -0.1) is 0 Å². The van der Waals surface area contributed by atoms with Crippen LogP contribution in [0.2, 0.25) is 0 Å². The van der Waals surface area contributed by atoms with Gasteiger partial charge >= 0.3 is 5.97 Å². The van der Waals surface area contributed by atoms with Crippen LogP contribution in [-0.2, 0) is 4.79 Å². The Morgan fingerprint density at radius 2 is 2.00 bits per heavy atom. The number of aliphatic hydroxyl groups excluding tert-OH is 1. The monoisotopic (exact) mass is 200 g/mol. The maximum absolute atomic E-state index is 10.1. The molecule has 0 aliphatic heterocycles. The van der Waals surface area contributed by atoms with E-state index in [1.807, 2.05) is 0 Å². The molecule has 1 unspecified atom stereocenters. The first-order valence-electron chi connectivity index (χ1n) is 5.17. The Labute approximate surface area is 85.4 Å². The van der Waals surface area contributed by atoms with Gasteiger partial charge in [0.1, 0.15) is 0 Å². The summed E-state index contributed by atoms with van der Waals surface area (Å²) in [7, 11) is 0. The molecule has 2 N–H and O–H groups in total. The van der Waals surface area contributed by atoms with Crippen LogP contribution in [0, 0.1) is 5.92 Å². The summed E-state index contributed by atoms with van der Waals surface area (Å²) in [5.74, 6) is -0.251. The van der Waals surface area contributed by atoms with Crippen molar-refractivity contribution >= 4 is 5.97 Å². The van der Waals surface area contributed by atoms with Crippen molar-refractivity contribution < 1.29 is 15.0 Å². The van der Waals surface area contributed by atoms with Crippen molar-refractivity contribution in [3.63, 3.8) is 0 Å². The summed E-state index contributed by atoms with van der Waals surface area (Å²) < 4.78 is 0. The first-order chi connectivity index (χ1) is 6.66. The number of aliphatic carboxylic acids is 1. The average molecular weight is 200 g/mol. The molecule has 0 bridgehead atoms. The Bertz CT molecular complexity index is 175. The quantitative estimate of drug-likeness (QED) is 0.466. The second-order valence-electron chi connectivity index (χ2n) is 3.64. The molecule has 0 heterocycles. The Balaban J connectivity index is 3.30. The number of unbranched alkanes of at least 4 members (excludes halogenated alkanes) is 1. The molecule has 0 saturated heterocycles. The zero-order chi connectivity index (χ0) is 10.8. The smallest absolute Gasteiger partial charge is 0.327 e. The first kappa shape index (κ1) is 13.2. The van der Waals surface area contributed by atoms with E-state index >= 15 is 0 Å². The van der Waals surface area contributed by atoms with Gasteiger partial charge in [0, 0.05) is 12.7 Å². The Morgan fingerprint density at radius 1 is 1.36 bits per heavy atom. The number of aliphatic hydroxyl groups is 1. The van der Waals surface area contributed by atoms with Crippen LogP contribution in [0.5, 0.6) is 0 Å². The van der Waals surface area contributed by atoms with Crippen LogP contribution in [0.1, 0.15) is 39.0 Å². The van der Waals surface area contributed by atoms with E-state index in [1.54, 1.807) is 6.08 Å². The van der Waals surface area contributed by atoms with Gasteiger partial charge in [-0.25, -0.2) is 4.79 Å². The summed E-state index contributed by atoms with van der Waals surface area (Å²) in [5, 5.41) is 16.9. The van der Waals surface area contributed by atoms with Crippen LogP contribution >= 0.6 is 0 Å². The minimum atomic E-state index is -0.877. The van der Waals surface area contributed by atoms with Crippen molar-refractivity contribution in [3.05, 3.63) is 12.2 Å². The van der Waals surface area contributed by atoms with Crippen LogP contribution in [0.4, 0.5) is 0 Å². The molecular formula is C11H20O3. The molecule has 14 heavy (non-hydrogen) atoms. The van der Waals surface area contributed by atoms with Crippen LogP contribution < -0.4 is 0 Å². The number of rotatable bonds is 8. The van der Waals surface area contributed by atoms with Gasteiger partial charge in [-0.05, 0) is 31.6 Å². The minimum absolute atomic E-state index is 0.267. The van der Waals surface area contributed by atoms with Gasteiger partial charge < -0.3 is 10.2 Å². The normalized spacial score (nSPS) is 13.3. The number of carboxylic acids is 1. The molecule has 0 radical (unpaired) electrons. The second kappa shape index (κ2) is 8.75. The lowest BCUT2D eigenvalue weighted by molar-refractivity contribution is -0.131. The molecule has 0 fully saturated rings. The highest BCUT2D eigenvalue weighted by molar-refractivity contribution is 5.79. The highest BCUT2D eigenvalue weighted by Gasteiger charge is 2.00. The van der Waals surface area contributed by atoms with Crippen LogP contribution in [0.25, 0.3) is 0 Å². The predicted molar refractivity (Wildman–Crippen MR) is 56.1 cm³/mol. The zero-order valence-corrected chi connectivity index (χ0v) is 8.78. The van der Waals surface area contributed by atoms with Crippen LogP contribution in [-0.4, -0.2) is 22.8 Å². The molecule has 0 spiro atoms. The Hall–Kier alpha value is -0.830. The highest BCUT2D eigenvalue weighted by atomic mass is 16.4. The van der Waals surface area contributed by atoms with Gasteiger partial charge in [0.05, 0.1) is 0 Å². The third-order valence-corrected chi connectivity index (χ3v) is 2.18. The van der Waals surface area contributed by atoms with Crippen LogP contribution in [0.15, 0.2) is 12.2 Å². The summed E-state index contributed by atoms with van der Waals surface area (Å²) in [6, 6.07) is 0. The third-order valence-electron chi connectivity index (χ3n) is 2.18. The summed E-state index contributed by atoms with van der Waals surface area (Å²) in [6.07, 6.45) is 7.76. The van der Waals surface area contributed by atoms with Crippen molar-refractivity contribution in [2.24, 2.45) is 5.92 Å². The Kier molecular flexibility index (Phi) is 8.24. The van der Waals surface area contributed by atoms with E-state index in [4.69, 9.17) is 10.2 Å². The number of hydrogen-bond acceptors (Lipinski definition) is 2. The SMILES string of the molecule is CC(CCCO)CCCC=CC(=O)O. The average Bonchev–Trinajstić information content (AvgIpc) is 2.13. The molecule has 0 aromatic rings. The maximum atomic E-state index is 10.1. The molecule has 0 rings (SSSR count). The summed E-state index contributed by atoms with van der Waals surface area (Å²) in [6.45, 7) is 2.43. The van der Waals surface area contributed by atoms with Crippen molar-refractivity contribution in [2.75, 3.05) is 6.61 Å². The van der Waals surface area contributed by atoms with Crippen molar-refractivity contribution in [3.8, 4) is 0 Å². The topological polar surface area (TPSA) is 57.5 Å². The van der Waals surface area contributed by atoms with E-state index in [2.05, 4.69) is 6.92 Å². The molecule has 0 amide bonds. The van der Waals surface area contributed by atoms with Crippen molar-refractivity contribution in [1.82, 2.24) is 0 Å². The van der Waals surface area contributed by atoms with Gasteiger partial charge in [-0.2, -0.15) is 0 Å². The molecule has 3 heteroatoms. The molecule has 82 valence electrons. The highest BCUT2D eigenvalue weighted by Crippen LogP contribution is 2.13. The molecule has 0 aliphatic carbocycles. The van der Waals surface area contributed by atoms with E-state index < -0.39 is 5.97 Å². The molecule has 0 aromatic heterocycles. The maximum Gasteiger partial charge on any atom is 0.327 e. The number of hydrogen-bond donors (Lipinski definition) is 2. The van der Waals surface area contributed by atoms with Gasteiger partial charge in [0.25, 0.3) is 0 Å². The predicted octanol–water partition coefficient (Wildman–Crippen LogP) is 2.21. The fraction of sp³-hybridized carbons (Fsp3) is 0.727. The number of allylic oxidation sites excluding steroid dienone is 1. The van der Waals surface area contributed by atoms with E-state index in [9.17, 15) is 4.79 Å². The molecule has 0 saturated carbocycles. The summed E-state index contributed by atoms with van der Waals surface area (Å²) in [5.41, 5.74) is 0. The van der Waals surface area contributed by atoms with E-state index in [1.165, 1.54) is 6.08 Å². The van der Waals surface area contributed by atoms with E-state index in [0.717, 1.165) is 32.1 Å². The Morgan fingerprint density at radius 3 is 2.57 bits per heavy atom. The molecule has 1 atom stereocenters. The fourth-order valence-electron chi connectivity index (χ4n) is 1.35. The van der Waals surface area contributed by atoms with Gasteiger partial charge in [0.15, 0.2) is 0 Å². The number of carbonyl (C=O) groups is 1. The lowest BCUT2D eigenvalue weighted by atomic mass is 9.99. The largest absolute Gasteiger partial charge is 0.478 e. The molecule has 3 nitrogen and oxygen atoms in total.